The number of hydrogen-bond donors (Lipinski definition) is 2. The van der Waals surface area contributed by atoms with Gasteiger partial charge < -0.3 is 10.6 Å². The van der Waals surface area contributed by atoms with Crippen LogP contribution < -0.4 is 10.6 Å². The first kappa shape index (κ1) is 15.9. The molecular formula is C16H21N5OS. The number of carbonyl (C=O) groups is 1. The minimum Gasteiger partial charge on any atom is -0.335 e. The quantitative estimate of drug-likeness (QED) is 0.843. The number of anilines is 1. The van der Waals surface area contributed by atoms with Gasteiger partial charge in [0.2, 0.25) is 0 Å². The van der Waals surface area contributed by atoms with Gasteiger partial charge in [0, 0.05) is 16.6 Å². The third-order valence-electron chi connectivity index (χ3n) is 4.19. The average molecular weight is 331 g/mol. The van der Waals surface area contributed by atoms with E-state index >= 15 is 0 Å². The van der Waals surface area contributed by atoms with Gasteiger partial charge in [-0.05, 0) is 56.2 Å². The van der Waals surface area contributed by atoms with Gasteiger partial charge in [0.15, 0.2) is 0 Å². The predicted octanol–water partition coefficient (Wildman–Crippen LogP) is 3.31. The van der Waals surface area contributed by atoms with E-state index in [1.54, 1.807) is 24.4 Å². The van der Waals surface area contributed by atoms with Crippen LogP contribution in [0.3, 0.4) is 0 Å². The number of rotatable bonds is 4. The van der Waals surface area contributed by atoms with Crippen LogP contribution in [-0.4, -0.2) is 33.1 Å². The molecule has 7 heteroatoms. The Labute approximate surface area is 140 Å². The summed E-state index contributed by atoms with van der Waals surface area (Å²) in [6.07, 6.45) is 9.31. The van der Waals surface area contributed by atoms with Crippen LogP contribution in [0, 0.1) is 0 Å². The Kier molecular flexibility index (Phi) is 5.17. The summed E-state index contributed by atoms with van der Waals surface area (Å²) in [4.78, 5) is 17.3. The highest BCUT2D eigenvalue weighted by atomic mass is 32.2. The minimum absolute atomic E-state index is 0.133. The molecule has 0 unspecified atom stereocenters. The molecule has 2 amide bonds. The van der Waals surface area contributed by atoms with Crippen molar-refractivity contribution >= 4 is 23.5 Å². The van der Waals surface area contributed by atoms with Crippen LogP contribution in [0.2, 0.25) is 0 Å². The van der Waals surface area contributed by atoms with Crippen LogP contribution in [0.1, 0.15) is 31.7 Å². The standard InChI is InChI=1S/C16H21N5OS/c1-23-15-8-4-13(5-9-15)20-16(22)19-12-2-6-14(7-3-12)21-11-17-10-18-21/h4-5,8-12,14H,2-3,6-7H2,1H3,(H2,19,20,22). The summed E-state index contributed by atoms with van der Waals surface area (Å²) < 4.78 is 1.92. The summed E-state index contributed by atoms with van der Waals surface area (Å²) in [6.45, 7) is 0. The maximum Gasteiger partial charge on any atom is 0.319 e. The maximum atomic E-state index is 12.1. The maximum absolute atomic E-state index is 12.1. The van der Waals surface area contributed by atoms with Crippen LogP contribution in [-0.2, 0) is 0 Å². The second-order valence-electron chi connectivity index (χ2n) is 5.71. The minimum atomic E-state index is -0.133. The van der Waals surface area contributed by atoms with Crippen LogP contribution in [0.15, 0.2) is 41.8 Å². The number of urea groups is 1. The lowest BCUT2D eigenvalue weighted by molar-refractivity contribution is 0.235. The number of nitrogens with zero attached hydrogens (tertiary/aromatic N) is 3. The molecule has 3 rings (SSSR count). The van der Waals surface area contributed by atoms with Crippen molar-refractivity contribution in [1.29, 1.82) is 0 Å². The van der Waals surface area contributed by atoms with E-state index < -0.39 is 0 Å². The third-order valence-corrected chi connectivity index (χ3v) is 4.93. The van der Waals surface area contributed by atoms with Crippen molar-refractivity contribution in [1.82, 2.24) is 20.1 Å². The van der Waals surface area contributed by atoms with Crippen molar-refractivity contribution in [3.63, 3.8) is 0 Å². The Bertz CT molecular complexity index is 620. The van der Waals surface area contributed by atoms with Crippen molar-refractivity contribution in [2.24, 2.45) is 0 Å². The lowest BCUT2D eigenvalue weighted by atomic mass is 9.91. The van der Waals surface area contributed by atoms with Gasteiger partial charge in [-0.15, -0.1) is 11.8 Å². The van der Waals surface area contributed by atoms with Gasteiger partial charge in [-0.2, -0.15) is 5.10 Å². The van der Waals surface area contributed by atoms with Gasteiger partial charge in [0.25, 0.3) is 0 Å². The Balaban J connectivity index is 1.45. The number of nitrogens with one attached hydrogen (secondary N) is 2. The Hall–Kier alpha value is -2.02. The summed E-state index contributed by atoms with van der Waals surface area (Å²) in [7, 11) is 0. The molecule has 1 saturated carbocycles. The number of hydrogen-bond acceptors (Lipinski definition) is 4. The lowest BCUT2D eigenvalue weighted by Gasteiger charge is -2.29. The molecule has 1 aromatic heterocycles. The number of thioether (sulfide) groups is 1. The summed E-state index contributed by atoms with van der Waals surface area (Å²) in [5.74, 6) is 0. The van der Waals surface area contributed by atoms with Gasteiger partial charge in [-0.3, -0.25) is 0 Å². The fraction of sp³-hybridized carbons (Fsp3) is 0.438. The van der Waals surface area contributed by atoms with E-state index in [1.165, 1.54) is 4.90 Å². The fourth-order valence-corrected chi connectivity index (χ4v) is 3.33. The van der Waals surface area contributed by atoms with Gasteiger partial charge in [0.05, 0.1) is 6.04 Å². The molecule has 0 saturated heterocycles. The Morgan fingerprint density at radius 3 is 2.57 bits per heavy atom. The molecular weight excluding hydrogens is 310 g/mol. The van der Waals surface area contributed by atoms with E-state index in [0.29, 0.717) is 6.04 Å². The molecule has 1 aliphatic carbocycles. The molecule has 0 aliphatic heterocycles. The van der Waals surface area contributed by atoms with E-state index in [-0.39, 0.29) is 12.1 Å². The third kappa shape index (κ3) is 4.25. The molecule has 0 bridgehead atoms. The van der Waals surface area contributed by atoms with Gasteiger partial charge in [-0.1, -0.05) is 0 Å². The zero-order valence-corrected chi connectivity index (χ0v) is 13.9. The lowest BCUT2D eigenvalue weighted by Crippen LogP contribution is -2.40. The molecule has 6 nitrogen and oxygen atoms in total. The first-order valence-electron chi connectivity index (χ1n) is 7.80. The Morgan fingerprint density at radius 1 is 1.22 bits per heavy atom. The van der Waals surface area contributed by atoms with Crippen LogP contribution in [0.4, 0.5) is 10.5 Å². The number of aromatic nitrogens is 3. The fourth-order valence-electron chi connectivity index (χ4n) is 2.92. The molecule has 23 heavy (non-hydrogen) atoms. The van der Waals surface area contributed by atoms with Crippen LogP contribution in [0.25, 0.3) is 0 Å². The van der Waals surface area contributed by atoms with Crippen LogP contribution in [0.5, 0.6) is 0 Å². The SMILES string of the molecule is CSc1ccc(NC(=O)NC2CCC(n3cncn3)CC2)cc1. The van der Waals surface area contributed by atoms with E-state index in [2.05, 4.69) is 20.7 Å². The highest BCUT2D eigenvalue weighted by molar-refractivity contribution is 7.98. The van der Waals surface area contributed by atoms with Gasteiger partial charge >= 0.3 is 6.03 Å². The molecule has 2 aromatic rings. The topological polar surface area (TPSA) is 71.8 Å². The second-order valence-corrected chi connectivity index (χ2v) is 6.59. The zero-order valence-electron chi connectivity index (χ0n) is 13.1. The average Bonchev–Trinajstić information content (AvgIpc) is 3.11. The zero-order chi connectivity index (χ0) is 16.1. The van der Waals surface area contributed by atoms with Gasteiger partial charge in [0.1, 0.15) is 12.7 Å². The number of carbonyl (C=O) groups excluding carboxylic acids is 1. The monoisotopic (exact) mass is 331 g/mol. The van der Waals surface area contributed by atoms with E-state index in [4.69, 9.17) is 0 Å². The van der Waals surface area contributed by atoms with E-state index in [9.17, 15) is 4.79 Å². The Morgan fingerprint density at radius 2 is 1.96 bits per heavy atom. The van der Waals surface area contributed by atoms with Crippen molar-refractivity contribution < 1.29 is 4.79 Å². The van der Waals surface area contributed by atoms with Crippen molar-refractivity contribution in [2.45, 2.75) is 42.7 Å². The molecule has 0 spiro atoms. The molecule has 122 valence electrons. The highest BCUT2D eigenvalue weighted by Gasteiger charge is 2.23. The first-order chi connectivity index (χ1) is 11.2. The summed E-state index contributed by atoms with van der Waals surface area (Å²) in [5.41, 5.74) is 0.816. The number of benzene rings is 1. The van der Waals surface area contributed by atoms with Crippen LogP contribution >= 0.6 is 11.8 Å². The number of amides is 2. The normalized spacial score (nSPS) is 20.9. The first-order valence-corrected chi connectivity index (χ1v) is 9.03. The highest BCUT2D eigenvalue weighted by Crippen LogP contribution is 2.27. The van der Waals surface area contributed by atoms with Crippen molar-refractivity contribution in [2.75, 3.05) is 11.6 Å². The largest absolute Gasteiger partial charge is 0.335 e. The summed E-state index contributed by atoms with van der Waals surface area (Å²) in [6, 6.07) is 8.34. The summed E-state index contributed by atoms with van der Waals surface area (Å²) >= 11 is 1.68. The summed E-state index contributed by atoms with van der Waals surface area (Å²) in [5, 5.41) is 10.2. The van der Waals surface area contributed by atoms with E-state index in [0.717, 1.165) is 31.4 Å². The molecule has 0 atom stereocenters. The molecule has 1 aliphatic rings. The van der Waals surface area contributed by atoms with E-state index in [1.807, 2.05) is 35.2 Å². The molecule has 1 fully saturated rings. The molecule has 1 aromatic carbocycles. The smallest absolute Gasteiger partial charge is 0.319 e. The van der Waals surface area contributed by atoms with Crippen molar-refractivity contribution in [3.05, 3.63) is 36.9 Å². The molecule has 2 N–H and O–H groups in total. The van der Waals surface area contributed by atoms with Gasteiger partial charge in [-0.25, -0.2) is 14.5 Å². The molecule has 0 radical (unpaired) electrons. The van der Waals surface area contributed by atoms with Crippen molar-refractivity contribution in [3.8, 4) is 0 Å². The predicted molar refractivity (Wildman–Crippen MR) is 91.7 cm³/mol. The second kappa shape index (κ2) is 7.50. The molecule has 1 heterocycles.